The third-order valence-electron chi connectivity index (χ3n) is 4.59. The van der Waals surface area contributed by atoms with Gasteiger partial charge in [-0.15, -0.1) is 0 Å². The minimum absolute atomic E-state index is 0.493. The summed E-state index contributed by atoms with van der Waals surface area (Å²) in [5.74, 6) is 0. The van der Waals surface area contributed by atoms with Gasteiger partial charge in [-0.25, -0.2) is 0 Å². The standard InChI is InChI=1S/C17H18N4O2/c18-8-10-5-6-21(9-10)14-7-13-15(20-17(23)16(22)19-13)12-4-2-1-3-11(12)14/h5-7,9H,1-4,8,18H2,(H,19,22)(H,20,23). The van der Waals surface area contributed by atoms with Crippen molar-refractivity contribution >= 4 is 11.0 Å². The number of nitrogens with two attached hydrogens (primary N) is 1. The number of aromatic amines is 2. The fourth-order valence-electron chi connectivity index (χ4n) is 3.45. The lowest BCUT2D eigenvalue weighted by molar-refractivity contribution is 0.684. The third-order valence-corrected chi connectivity index (χ3v) is 4.59. The second kappa shape index (κ2) is 5.24. The van der Waals surface area contributed by atoms with Crippen LogP contribution in [0, 0.1) is 0 Å². The number of aryl methyl sites for hydroxylation is 1. The second-order valence-electron chi connectivity index (χ2n) is 6.02. The Labute approximate surface area is 132 Å². The molecule has 4 rings (SSSR count). The molecule has 0 saturated carbocycles. The van der Waals surface area contributed by atoms with Crippen molar-refractivity contribution in [2.45, 2.75) is 32.2 Å². The van der Waals surface area contributed by atoms with Crippen LogP contribution in [-0.2, 0) is 19.4 Å². The molecule has 0 bridgehead atoms. The van der Waals surface area contributed by atoms with Crippen LogP contribution >= 0.6 is 0 Å². The summed E-state index contributed by atoms with van der Waals surface area (Å²) in [6, 6.07) is 3.94. The number of hydrogen-bond donors (Lipinski definition) is 3. The summed E-state index contributed by atoms with van der Waals surface area (Å²) in [6.07, 6.45) is 8.10. The molecular formula is C17H18N4O2. The van der Waals surface area contributed by atoms with Crippen LogP contribution < -0.4 is 16.9 Å². The highest BCUT2D eigenvalue weighted by Crippen LogP contribution is 2.32. The molecule has 4 N–H and O–H groups in total. The van der Waals surface area contributed by atoms with Gasteiger partial charge in [0.05, 0.1) is 16.7 Å². The number of benzene rings is 1. The van der Waals surface area contributed by atoms with Crippen LogP contribution in [0.15, 0.2) is 34.1 Å². The Hall–Kier alpha value is -2.60. The first-order valence-electron chi connectivity index (χ1n) is 7.86. The first-order chi connectivity index (χ1) is 11.2. The molecule has 1 aliphatic rings. The van der Waals surface area contributed by atoms with Gasteiger partial charge >= 0.3 is 11.1 Å². The number of nitrogens with one attached hydrogen (secondary N) is 2. The van der Waals surface area contributed by atoms with Gasteiger partial charge < -0.3 is 20.3 Å². The van der Waals surface area contributed by atoms with Crippen molar-refractivity contribution in [3.05, 3.63) is 61.9 Å². The molecule has 0 aliphatic heterocycles. The highest BCUT2D eigenvalue weighted by atomic mass is 16.2. The first kappa shape index (κ1) is 14.0. The van der Waals surface area contributed by atoms with Gasteiger partial charge in [0.1, 0.15) is 0 Å². The Kier molecular flexibility index (Phi) is 3.20. The predicted molar refractivity (Wildman–Crippen MR) is 89.0 cm³/mol. The SMILES string of the molecule is NCc1ccn(-c2cc3[nH]c(=O)c(=O)[nH]c3c3c2CCCC3)c1. The molecule has 0 unspecified atom stereocenters. The summed E-state index contributed by atoms with van der Waals surface area (Å²) < 4.78 is 2.05. The Morgan fingerprint density at radius 2 is 1.83 bits per heavy atom. The molecule has 0 radical (unpaired) electrons. The number of aromatic nitrogens is 3. The molecule has 0 spiro atoms. The summed E-state index contributed by atoms with van der Waals surface area (Å²) in [5, 5.41) is 0. The number of fused-ring (bicyclic) bond motifs is 3. The molecule has 2 aromatic heterocycles. The highest BCUT2D eigenvalue weighted by Gasteiger charge is 2.19. The largest absolute Gasteiger partial charge is 0.326 e. The van der Waals surface area contributed by atoms with E-state index in [1.807, 2.05) is 24.5 Å². The van der Waals surface area contributed by atoms with Crippen LogP contribution in [0.5, 0.6) is 0 Å². The summed E-state index contributed by atoms with van der Waals surface area (Å²) in [7, 11) is 0. The number of hydrogen-bond acceptors (Lipinski definition) is 3. The van der Waals surface area contributed by atoms with Gasteiger partial charge in [0.15, 0.2) is 0 Å². The van der Waals surface area contributed by atoms with Gasteiger partial charge in [-0.05, 0) is 54.5 Å². The summed E-state index contributed by atoms with van der Waals surface area (Å²) in [4.78, 5) is 28.8. The van der Waals surface area contributed by atoms with Crippen molar-refractivity contribution < 1.29 is 0 Å². The van der Waals surface area contributed by atoms with Crippen molar-refractivity contribution in [2.75, 3.05) is 0 Å². The van der Waals surface area contributed by atoms with Crippen molar-refractivity contribution in [1.29, 1.82) is 0 Å². The maximum absolute atomic E-state index is 11.7. The second-order valence-corrected chi connectivity index (χ2v) is 6.02. The van der Waals surface area contributed by atoms with E-state index >= 15 is 0 Å². The molecule has 23 heavy (non-hydrogen) atoms. The monoisotopic (exact) mass is 310 g/mol. The molecule has 0 atom stereocenters. The van der Waals surface area contributed by atoms with E-state index in [1.54, 1.807) is 0 Å². The summed E-state index contributed by atoms with van der Waals surface area (Å²) in [5.41, 5.74) is 10.4. The molecule has 1 aliphatic carbocycles. The van der Waals surface area contributed by atoms with E-state index in [1.165, 1.54) is 5.56 Å². The minimum Gasteiger partial charge on any atom is -0.326 e. The normalized spacial score (nSPS) is 14.1. The smallest absolute Gasteiger partial charge is 0.314 e. The number of nitrogens with zero attached hydrogens (tertiary/aromatic N) is 1. The summed E-state index contributed by atoms with van der Waals surface area (Å²) >= 11 is 0. The summed E-state index contributed by atoms with van der Waals surface area (Å²) in [6.45, 7) is 0.493. The average Bonchev–Trinajstić information content (AvgIpc) is 3.04. The van der Waals surface area contributed by atoms with Gasteiger partial charge in [-0.1, -0.05) is 0 Å². The maximum Gasteiger partial charge on any atom is 0.314 e. The molecule has 0 amide bonds. The van der Waals surface area contributed by atoms with Gasteiger partial charge in [0.25, 0.3) is 0 Å². The highest BCUT2D eigenvalue weighted by molar-refractivity contribution is 5.83. The van der Waals surface area contributed by atoms with E-state index in [0.717, 1.165) is 48.0 Å². The maximum atomic E-state index is 11.7. The molecular weight excluding hydrogens is 292 g/mol. The van der Waals surface area contributed by atoms with E-state index in [2.05, 4.69) is 14.5 Å². The third kappa shape index (κ3) is 2.22. The first-order valence-corrected chi connectivity index (χ1v) is 7.86. The lowest BCUT2D eigenvalue weighted by Crippen LogP contribution is -2.29. The van der Waals surface area contributed by atoms with Crippen molar-refractivity contribution in [3.8, 4) is 5.69 Å². The zero-order valence-electron chi connectivity index (χ0n) is 12.7. The van der Waals surface area contributed by atoms with E-state index in [9.17, 15) is 9.59 Å². The van der Waals surface area contributed by atoms with Crippen LogP contribution in [0.2, 0.25) is 0 Å². The van der Waals surface area contributed by atoms with Crippen LogP contribution in [0.25, 0.3) is 16.7 Å². The van der Waals surface area contributed by atoms with Crippen molar-refractivity contribution in [2.24, 2.45) is 5.73 Å². The number of rotatable bonds is 2. The molecule has 6 heteroatoms. The van der Waals surface area contributed by atoms with E-state index < -0.39 is 11.1 Å². The Bertz CT molecular complexity index is 1010. The number of H-pyrrole nitrogens is 2. The molecule has 3 aromatic rings. The van der Waals surface area contributed by atoms with E-state index in [-0.39, 0.29) is 0 Å². The van der Waals surface area contributed by atoms with Gasteiger partial charge in [-0.3, -0.25) is 9.59 Å². The van der Waals surface area contributed by atoms with Gasteiger partial charge in [0.2, 0.25) is 0 Å². The topological polar surface area (TPSA) is 96.7 Å². The Morgan fingerprint density at radius 1 is 1.09 bits per heavy atom. The van der Waals surface area contributed by atoms with Crippen molar-refractivity contribution in [3.63, 3.8) is 0 Å². The minimum atomic E-state index is -0.616. The van der Waals surface area contributed by atoms with Crippen LogP contribution in [-0.4, -0.2) is 14.5 Å². The molecule has 0 fully saturated rings. The quantitative estimate of drug-likeness (QED) is 0.623. The molecule has 2 heterocycles. The van der Waals surface area contributed by atoms with Crippen molar-refractivity contribution in [1.82, 2.24) is 14.5 Å². The zero-order valence-corrected chi connectivity index (χ0v) is 12.7. The fraction of sp³-hybridized carbons (Fsp3) is 0.294. The van der Waals surface area contributed by atoms with Crippen LogP contribution in [0.1, 0.15) is 29.5 Å². The fourth-order valence-corrected chi connectivity index (χ4v) is 3.45. The predicted octanol–water partition coefficient (Wildman–Crippen LogP) is 1.34. The Balaban J connectivity index is 2.05. The lowest BCUT2D eigenvalue weighted by atomic mass is 9.89. The van der Waals surface area contributed by atoms with Crippen LogP contribution in [0.3, 0.4) is 0 Å². The lowest BCUT2D eigenvalue weighted by Gasteiger charge is -2.22. The molecule has 6 nitrogen and oxygen atoms in total. The molecule has 0 saturated heterocycles. The average molecular weight is 310 g/mol. The van der Waals surface area contributed by atoms with Gasteiger partial charge in [-0.2, -0.15) is 0 Å². The van der Waals surface area contributed by atoms with Crippen LogP contribution in [0.4, 0.5) is 0 Å². The van der Waals surface area contributed by atoms with E-state index in [4.69, 9.17) is 5.73 Å². The molecule has 1 aromatic carbocycles. The molecule has 118 valence electrons. The van der Waals surface area contributed by atoms with Gasteiger partial charge in [0, 0.05) is 18.9 Å². The zero-order chi connectivity index (χ0) is 16.0. The Morgan fingerprint density at radius 3 is 2.57 bits per heavy atom. The van der Waals surface area contributed by atoms with E-state index in [0.29, 0.717) is 12.1 Å².